The molecule has 2 aromatic rings. The Balaban J connectivity index is 1.61. The summed E-state index contributed by atoms with van der Waals surface area (Å²) in [5.74, 6) is 0.483. The molecule has 2 bridgehead atoms. The van der Waals surface area contributed by atoms with Gasteiger partial charge in [0.2, 0.25) is 0 Å². The number of nitrogens with zero attached hydrogens (tertiary/aromatic N) is 1. The van der Waals surface area contributed by atoms with E-state index in [1.165, 1.54) is 29.5 Å². The van der Waals surface area contributed by atoms with E-state index in [4.69, 9.17) is 4.74 Å². The van der Waals surface area contributed by atoms with E-state index in [9.17, 15) is 0 Å². The number of rotatable bonds is 7. The highest BCUT2D eigenvalue weighted by Crippen LogP contribution is 2.40. The van der Waals surface area contributed by atoms with Gasteiger partial charge in [0.1, 0.15) is 6.10 Å². The van der Waals surface area contributed by atoms with E-state index in [1.54, 1.807) is 0 Å². The Labute approximate surface area is 170 Å². The zero-order valence-corrected chi connectivity index (χ0v) is 17.3. The van der Waals surface area contributed by atoms with Crippen LogP contribution < -0.4 is 0 Å². The van der Waals surface area contributed by atoms with Crippen LogP contribution in [0.2, 0.25) is 0 Å². The predicted octanol–water partition coefficient (Wildman–Crippen LogP) is 6.10. The molecule has 2 heterocycles. The molecule has 0 aliphatic carbocycles. The van der Waals surface area contributed by atoms with Crippen LogP contribution >= 0.6 is 0 Å². The van der Waals surface area contributed by atoms with Crippen LogP contribution in [0.4, 0.5) is 0 Å². The van der Waals surface area contributed by atoms with Gasteiger partial charge in [-0.25, -0.2) is 0 Å². The van der Waals surface area contributed by atoms with E-state index < -0.39 is 0 Å². The summed E-state index contributed by atoms with van der Waals surface area (Å²) in [6.45, 7) is 9.51. The number of ether oxygens (including phenoxy) is 1. The van der Waals surface area contributed by atoms with Gasteiger partial charge in [-0.1, -0.05) is 74.5 Å². The van der Waals surface area contributed by atoms with Crippen molar-refractivity contribution in [1.29, 1.82) is 0 Å². The van der Waals surface area contributed by atoms with Gasteiger partial charge >= 0.3 is 0 Å². The molecule has 2 nitrogen and oxygen atoms in total. The summed E-state index contributed by atoms with van der Waals surface area (Å²) in [5, 5.41) is 0. The number of piperidine rings is 1. The van der Waals surface area contributed by atoms with Crippen LogP contribution in [-0.4, -0.2) is 29.6 Å². The summed E-state index contributed by atoms with van der Waals surface area (Å²) in [4.78, 5) is 2.65. The number of benzene rings is 2. The Morgan fingerprint density at radius 2 is 1.57 bits per heavy atom. The van der Waals surface area contributed by atoms with Crippen molar-refractivity contribution in [2.45, 2.75) is 69.7 Å². The molecule has 0 N–H and O–H groups in total. The van der Waals surface area contributed by atoms with E-state index in [2.05, 4.69) is 86.0 Å². The second kappa shape index (κ2) is 8.63. The summed E-state index contributed by atoms with van der Waals surface area (Å²) in [5.41, 5.74) is 3.98. The standard InChI is InChI=1S/C26H33NO/c1-4-16-27-21-14-15-22(27)18-23(17-21)28-26(20-10-6-5-7-11-20)25-13-9-8-12-24(25)19(2)3/h4-13,19,21-23,26H,1,14-18H2,2-3H3/t21-,22+,23?,26?. The number of hydrogen-bond acceptors (Lipinski definition) is 2. The highest BCUT2D eigenvalue weighted by molar-refractivity contribution is 5.37. The minimum Gasteiger partial charge on any atom is -0.365 e. The van der Waals surface area contributed by atoms with Gasteiger partial charge in [-0.05, 0) is 48.3 Å². The molecule has 2 fully saturated rings. The second-order valence-corrected chi connectivity index (χ2v) is 8.67. The number of hydrogen-bond donors (Lipinski definition) is 0. The Bertz CT molecular complexity index is 770. The lowest BCUT2D eigenvalue weighted by atomic mass is 9.90. The molecule has 0 spiro atoms. The quantitative estimate of drug-likeness (QED) is 0.542. The third-order valence-electron chi connectivity index (χ3n) is 6.51. The molecule has 28 heavy (non-hydrogen) atoms. The highest BCUT2D eigenvalue weighted by atomic mass is 16.5. The molecule has 2 saturated heterocycles. The molecule has 4 atom stereocenters. The second-order valence-electron chi connectivity index (χ2n) is 8.67. The van der Waals surface area contributed by atoms with Crippen molar-refractivity contribution < 1.29 is 4.74 Å². The van der Waals surface area contributed by atoms with Crippen LogP contribution in [0, 0.1) is 0 Å². The average molecular weight is 376 g/mol. The largest absolute Gasteiger partial charge is 0.365 e. The van der Waals surface area contributed by atoms with Gasteiger partial charge in [-0.3, -0.25) is 4.90 Å². The van der Waals surface area contributed by atoms with Crippen molar-refractivity contribution in [2.24, 2.45) is 0 Å². The SMILES string of the molecule is C=CCN1[C@@H]2CC[C@H]1CC(OC(c1ccccc1)c1ccccc1C(C)C)C2. The molecular formula is C26H33NO. The van der Waals surface area contributed by atoms with Gasteiger partial charge in [0, 0.05) is 18.6 Å². The monoisotopic (exact) mass is 375 g/mol. The summed E-state index contributed by atoms with van der Waals surface area (Å²) in [6.07, 6.45) is 7.26. The van der Waals surface area contributed by atoms with Crippen molar-refractivity contribution in [2.75, 3.05) is 6.54 Å². The summed E-state index contributed by atoms with van der Waals surface area (Å²) in [6, 6.07) is 20.9. The van der Waals surface area contributed by atoms with E-state index in [-0.39, 0.29) is 6.10 Å². The Morgan fingerprint density at radius 3 is 2.18 bits per heavy atom. The van der Waals surface area contributed by atoms with Crippen molar-refractivity contribution >= 4 is 0 Å². The van der Waals surface area contributed by atoms with Crippen LogP contribution in [-0.2, 0) is 4.74 Å². The molecule has 2 heteroatoms. The van der Waals surface area contributed by atoms with Crippen LogP contribution in [0.25, 0.3) is 0 Å². The van der Waals surface area contributed by atoms with Crippen molar-refractivity contribution in [3.8, 4) is 0 Å². The summed E-state index contributed by atoms with van der Waals surface area (Å²) >= 11 is 0. The van der Waals surface area contributed by atoms with Crippen LogP contribution in [0.15, 0.2) is 67.3 Å². The van der Waals surface area contributed by atoms with Gasteiger partial charge in [-0.15, -0.1) is 6.58 Å². The number of fused-ring (bicyclic) bond motifs is 2. The van der Waals surface area contributed by atoms with Crippen LogP contribution in [0.3, 0.4) is 0 Å². The van der Waals surface area contributed by atoms with Crippen molar-refractivity contribution in [3.05, 3.63) is 83.9 Å². The molecule has 2 aliphatic heterocycles. The van der Waals surface area contributed by atoms with Crippen LogP contribution in [0.1, 0.15) is 68.2 Å². The average Bonchev–Trinajstić information content (AvgIpc) is 2.95. The molecule has 148 valence electrons. The van der Waals surface area contributed by atoms with E-state index in [1.807, 2.05) is 0 Å². The topological polar surface area (TPSA) is 12.5 Å². The fourth-order valence-electron chi connectivity index (χ4n) is 5.21. The van der Waals surface area contributed by atoms with Gasteiger partial charge in [0.25, 0.3) is 0 Å². The fourth-order valence-corrected chi connectivity index (χ4v) is 5.21. The zero-order chi connectivity index (χ0) is 19.5. The third kappa shape index (κ3) is 3.94. The summed E-state index contributed by atoms with van der Waals surface area (Å²) < 4.78 is 6.91. The van der Waals surface area contributed by atoms with Gasteiger partial charge in [-0.2, -0.15) is 0 Å². The Morgan fingerprint density at radius 1 is 0.964 bits per heavy atom. The molecule has 2 aromatic carbocycles. The molecule has 0 saturated carbocycles. The van der Waals surface area contributed by atoms with Gasteiger partial charge in [0.05, 0.1) is 6.10 Å². The maximum atomic E-state index is 6.91. The van der Waals surface area contributed by atoms with Crippen LogP contribution in [0.5, 0.6) is 0 Å². The lowest BCUT2D eigenvalue weighted by Gasteiger charge is -2.39. The Kier molecular flexibility index (Phi) is 5.99. The van der Waals surface area contributed by atoms with Crippen molar-refractivity contribution in [1.82, 2.24) is 4.90 Å². The lowest BCUT2D eigenvalue weighted by molar-refractivity contribution is -0.0460. The first-order valence-corrected chi connectivity index (χ1v) is 10.8. The van der Waals surface area contributed by atoms with E-state index in [0.29, 0.717) is 24.1 Å². The van der Waals surface area contributed by atoms with Crippen molar-refractivity contribution in [3.63, 3.8) is 0 Å². The maximum absolute atomic E-state index is 6.91. The molecular weight excluding hydrogens is 342 g/mol. The first-order chi connectivity index (χ1) is 13.7. The minimum absolute atomic E-state index is 0.00940. The lowest BCUT2D eigenvalue weighted by Crippen LogP contribution is -2.45. The Hall–Kier alpha value is -1.90. The van der Waals surface area contributed by atoms with Gasteiger partial charge < -0.3 is 4.74 Å². The summed E-state index contributed by atoms with van der Waals surface area (Å²) in [7, 11) is 0. The van der Waals surface area contributed by atoms with E-state index in [0.717, 1.165) is 19.4 Å². The predicted molar refractivity (Wildman–Crippen MR) is 117 cm³/mol. The fraction of sp³-hybridized carbons (Fsp3) is 0.462. The molecule has 0 amide bonds. The molecule has 2 unspecified atom stereocenters. The maximum Gasteiger partial charge on any atom is 0.108 e. The third-order valence-corrected chi connectivity index (χ3v) is 6.51. The molecule has 2 aliphatic rings. The smallest absolute Gasteiger partial charge is 0.108 e. The molecule has 0 aromatic heterocycles. The highest BCUT2D eigenvalue weighted by Gasteiger charge is 2.41. The molecule has 4 rings (SSSR count). The van der Waals surface area contributed by atoms with Gasteiger partial charge in [0.15, 0.2) is 0 Å². The van der Waals surface area contributed by atoms with E-state index >= 15 is 0 Å². The molecule has 0 radical (unpaired) electrons. The zero-order valence-electron chi connectivity index (χ0n) is 17.3. The minimum atomic E-state index is 0.00940. The normalized spacial score (nSPS) is 25.8. The first-order valence-electron chi connectivity index (χ1n) is 10.8. The first kappa shape index (κ1) is 19.4.